The standard InChI is InChI=1S/C27H27FN6O2/c28-20-5-1-4-19(16-20)22-7-3-13-33(22)26-10-9-24-29-17-23(34(24)31-26)21-6-2-8-25(30-21)32-14-11-18(12-15-32)27(35)36/h1-2,4-6,8-10,16-18,22H,3,7,11-15H2,(H,35,36)/t22-/m1/s1. The number of pyridine rings is 1. The zero-order valence-corrected chi connectivity index (χ0v) is 19.8. The molecule has 5 heterocycles. The van der Waals surface area contributed by atoms with Gasteiger partial charge in [0, 0.05) is 19.6 Å². The van der Waals surface area contributed by atoms with Crippen LogP contribution in [-0.4, -0.2) is 50.3 Å². The van der Waals surface area contributed by atoms with E-state index in [9.17, 15) is 14.3 Å². The molecular weight excluding hydrogens is 459 g/mol. The molecule has 0 bridgehead atoms. The molecule has 6 rings (SSSR count). The average Bonchev–Trinajstić information content (AvgIpc) is 3.56. The Kier molecular flexibility index (Phi) is 5.75. The van der Waals surface area contributed by atoms with Gasteiger partial charge in [-0.3, -0.25) is 4.79 Å². The first-order valence-corrected chi connectivity index (χ1v) is 12.4. The minimum atomic E-state index is -0.721. The van der Waals surface area contributed by atoms with Gasteiger partial charge in [-0.1, -0.05) is 18.2 Å². The lowest BCUT2D eigenvalue weighted by Gasteiger charge is -2.31. The number of piperidine rings is 1. The van der Waals surface area contributed by atoms with E-state index in [1.807, 2.05) is 40.9 Å². The first-order valence-electron chi connectivity index (χ1n) is 12.4. The Morgan fingerprint density at radius 2 is 1.81 bits per heavy atom. The van der Waals surface area contributed by atoms with E-state index in [1.165, 1.54) is 6.07 Å². The highest BCUT2D eigenvalue weighted by Crippen LogP contribution is 2.36. The number of carboxylic acid groups (broad SMARTS) is 1. The lowest BCUT2D eigenvalue weighted by molar-refractivity contribution is -0.142. The summed E-state index contributed by atoms with van der Waals surface area (Å²) >= 11 is 0. The molecule has 0 saturated carbocycles. The summed E-state index contributed by atoms with van der Waals surface area (Å²) in [5, 5.41) is 14.2. The largest absolute Gasteiger partial charge is 0.481 e. The fraction of sp³-hybridized carbons (Fsp3) is 0.333. The molecule has 184 valence electrons. The molecule has 0 aliphatic carbocycles. The van der Waals surface area contributed by atoms with Crippen molar-refractivity contribution in [3.05, 3.63) is 72.2 Å². The topological polar surface area (TPSA) is 86.9 Å². The van der Waals surface area contributed by atoms with Gasteiger partial charge in [-0.05, 0) is 67.6 Å². The van der Waals surface area contributed by atoms with Crippen LogP contribution in [0.15, 0.2) is 60.8 Å². The fourth-order valence-electron chi connectivity index (χ4n) is 5.39. The Morgan fingerprint density at radius 1 is 0.972 bits per heavy atom. The third-order valence-corrected chi connectivity index (χ3v) is 7.29. The number of carbonyl (C=O) groups is 1. The van der Waals surface area contributed by atoms with E-state index >= 15 is 0 Å². The van der Waals surface area contributed by atoms with Gasteiger partial charge >= 0.3 is 5.97 Å². The second kappa shape index (κ2) is 9.22. The average molecular weight is 487 g/mol. The van der Waals surface area contributed by atoms with Crippen molar-refractivity contribution in [2.24, 2.45) is 5.92 Å². The monoisotopic (exact) mass is 486 g/mol. The van der Waals surface area contributed by atoms with Crippen molar-refractivity contribution in [2.75, 3.05) is 29.4 Å². The maximum Gasteiger partial charge on any atom is 0.306 e. The molecule has 2 fully saturated rings. The van der Waals surface area contributed by atoms with Gasteiger partial charge in [0.15, 0.2) is 5.65 Å². The molecule has 1 atom stereocenters. The highest BCUT2D eigenvalue weighted by atomic mass is 19.1. The molecule has 9 heteroatoms. The molecule has 2 saturated heterocycles. The van der Waals surface area contributed by atoms with Gasteiger partial charge in [0.05, 0.1) is 23.9 Å². The molecule has 8 nitrogen and oxygen atoms in total. The van der Waals surface area contributed by atoms with Crippen molar-refractivity contribution in [3.63, 3.8) is 0 Å². The van der Waals surface area contributed by atoms with E-state index in [0.717, 1.165) is 53.6 Å². The second-order valence-electron chi connectivity index (χ2n) is 9.49. The van der Waals surface area contributed by atoms with Crippen LogP contribution < -0.4 is 9.80 Å². The molecule has 36 heavy (non-hydrogen) atoms. The first-order chi connectivity index (χ1) is 17.6. The quantitative estimate of drug-likeness (QED) is 0.442. The summed E-state index contributed by atoms with van der Waals surface area (Å²) in [5.41, 5.74) is 3.23. The molecule has 0 radical (unpaired) electrons. The number of nitrogens with zero attached hydrogens (tertiary/aromatic N) is 6. The number of imidazole rings is 1. The summed E-state index contributed by atoms with van der Waals surface area (Å²) in [5.74, 6) is 0.417. The third kappa shape index (κ3) is 4.14. The lowest BCUT2D eigenvalue weighted by atomic mass is 9.97. The van der Waals surface area contributed by atoms with Crippen LogP contribution in [-0.2, 0) is 4.79 Å². The summed E-state index contributed by atoms with van der Waals surface area (Å²) in [6.07, 6.45) is 4.97. The SMILES string of the molecule is O=C(O)C1CCN(c2cccc(-c3cnc4ccc(N5CCC[C@@H]5c5cccc(F)c5)nn34)n2)CC1. The molecule has 0 unspecified atom stereocenters. The van der Waals surface area contributed by atoms with Crippen molar-refractivity contribution in [1.82, 2.24) is 19.6 Å². The molecule has 0 spiro atoms. The van der Waals surface area contributed by atoms with Gasteiger partial charge in [0.25, 0.3) is 0 Å². The smallest absolute Gasteiger partial charge is 0.306 e. The number of aliphatic carboxylic acids is 1. The van der Waals surface area contributed by atoms with E-state index in [1.54, 1.807) is 18.3 Å². The summed E-state index contributed by atoms with van der Waals surface area (Å²) in [4.78, 5) is 25.1. The zero-order chi connectivity index (χ0) is 24.6. The number of halogens is 1. The van der Waals surface area contributed by atoms with Gasteiger partial charge < -0.3 is 14.9 Å². The summed E-state index contributed by atoms with van der Waals surface area (Å²) < 4.78 is 15.7. The van der Waals surface area contributed by atoms with Crippen molar-refractivity contribution in [1.29, 1.82) is 0 Å². The van der Waals surface area contributed by atoms with Crippen LogP contribution in [0.1, 0.15) is 37.3 Å². The van der Waals surface area contributed by atoms with Crippen molar-refractivity contribution < 1.29 is 14.3 Å². The van der Waals surface area contributed by atoms with Gasteiger partial charge in [-0.25, -0.2) is 18.9 Å². The van der Waals surface area contributed by atoms with Crippen molar-refractivity contribution in [2.45, 2.75) is 31.7 Å². The highest BCUT2D eigenvalue weighted by Gasteiger charge is 2.28. The molecule has 4 aromatic rings. The Hall–Kier alpha value is -4.01. The number of benzene rings is 1. The number of hydrogen-bond donors (Lipinski definition) is 1. The van der Waals surface area contributed by atoms with Gasteiger partial charge in [0.2, 0.25) is 0 Å². The summed E-state index contributed by atoms with van der Waals surface area (Å²) in [6.45, 7) is 2.18. The highest BCUT2D eigenvalue weighted by molar-refractivity contribution is 5.70. The Bertz CT molecular complexity index is 1410. The molecule has 3 aromatic heterocycles. The number of rotatable bonds is 5. The number of hydrogen-bond acceptors (Lipinski definition) is 6. The van der Waals surface area contributed by atoms with E-state index < -0.39 is 5.97 Å². The second-order valence-corrected chi connectivity index (χ2v) is 9.49. The molecular formula is C27H27FN6O2. The third-order valence-electron chi connectivity index (χ3n) is 7.29. The van der Waals surface area contributed by atoms with Crippen LogP contribution in [0.4, 0.5) is 16.0 Å². The van der Waals surface area contributed by atoms with Gasteiger partial charge in [0.1, 0.15) is 23.1 Å². The normalized spacial score (nSPS) is 18.8. The predicted molar refractivity (Wildman–Crippen MR) is 135 cm³/mol. The Morgan fingerprint density at radius 3 is 2.61 bits per heavy atom. The summed E-state index contributed by atoms with van der Waals surface area (Å²) in [6, 6.07) is 16.7. The predicted octanol–water partition coefficient (Wildman–Crippen LogP) is 4.57. The number of carboxylic acids is 1. The maximum absolute atomic E-state index is 13.9. The number of aromatic nitrogens is 4. The van der Waals surface area contributed by atoms with E-state index in [0.29, 0.717) is 25.9 Å². The van der Waals surface area contributed by atoms with Crippen LogP contribution in [0.2, 0.25) is 0 Å². The lowest BCUT2D eigenvalue weighted by Crippen LogP contribution is -2.36. The van der Waals surface area contributed by atoms with Gasteiger partial charge in [-0.15, -0.1) is 5.10 Å². The Balaban J connectivity index is 1.30. The van der Waals surface area contributed by atoms with Crippen LogP contribution in [0.25, 0.3) is 17.0 Å². The number of anilines is 2. The molecule has 0 amide bonds. The van der Waals surface area contributed by atoms with Crippen LogP contribution in [0, 0.1) is 11.7 Å². The summed E-state index contributed by atoms with van der Waals surface area (Å²) in [7, 11) is 0. The maximum atomic E-state index is 13.9. The number of fused-ring (bicyclic) bond motifs is 1. The minimum Gasteiger partial charge on any atom is -0.481 e. The zero-order valence-electron chi connectivity index (χ0n) is 19.8. The molecule has 1 N–H and O–H groups in total. The van der Waals surface area contributed by atoms with Crippen molar-refractivity contribution in [3.8, 4) is 11.4 Å². The van der Waals surface area contributed by atoms with Gasteiger partial charge in [-0.2, -0.15) is 0 Å². The van der Waals surface area contributed by atoms with E-state index in [4.69, 9.17) is 10.1 Å². The molecule has 1 aromatic carbocycles. The van der Waals surface area contributed by atoms with Crippen LogP contribution in [0.3, 0.4) is 0 Å². The van der Waals surface area contributed by atoms with E-state index in [-0.39, 0.29) is 17.8 Å². The molecule has 2 aliphatic heterocycles. The first kappa shape index (κ1) is 22.5. The Labute approximate surface area is 208 Å². The fourth-order valence-corrected chi connectivity index (χ4v) is 5.39. The van der Waals surface area contributed by atoms with E-state index in [2.05, 4.69) is 14.8 Å². The molecule has 2 aliphatic rings. The van der Waals surface area contributed by atoms with Crippen LogP contribution >= 0.6 is 0 Å². The van der Waals surface area contributed by atoms with Crippen LogP contribution in [0.5, 0.6) is 0 Å². The van der Waals surface area contributed by atoms with Crippen molar-refractivity contribution >= 4 is 23.3 Å². The minimum absolute atomic E-state index is 0.0767.